The van der Waals surface area contributed by atoms with Gasteiger partial charge in [0.2, 0.25) is 5.43 Å². The van der Waals surface area contributed by atoms with Crippen molar-refractivity contribution >= 4 is 27.9 Å². The summed E-state index contributed by atoms with van der Waals surface area (Å²) in [6.45, 7) is 1.54. The first-order chi connectivity index (χ1) is 10.1. The molecular weight excluding hydrogens is 270 g/mol. The molecule has 0 aliphatic carbocycles. The third kappa shape index (κ3) is 2.39. The largest absolute Gasteiger partial charge is 0.456 e. The Labute approximate surface area is 119 Å². The number of fused-ring (bicyclic) bond motifs is 2. The fourth-order valence-corrected chi connectivity index (χ4v) is 2.05. The number of nitrogens with two attached hydrogens (primary N) is 1. The lowest BCUT2D eigenvalue weighted by Gasteiger charge is -2.07. The van der Waals surface area contributed by atoms with Gasteiger partial charge in [-0.2, -0.15) is 0 Å². The van der Waals surface area contributed by atoms with E-state index in [-0.39, 0.29) is 5.43 Å². The summed E-state index contributed by atoms with van der Waals surface area (Å²) in [6.07, 6.45) is 0. The van der Waals surface area contributed by atoms with E-state index < -0.39 is 12.0 Å². The first-order valence-electron chi connectivity index (χ1n) is 6.49. The van der Waals surface area contributed by atoms with Crippen LogP contribution < -0.4 is 15.9 Å². The van der Waals surface area contributed by atoms with Gasteiger partial charge in [0.15, 0.2) is 0 Å². The lowest BCUT2D eigenvalue weighted by molar-refractivity contribution is -0.135. The molecule has 3 aromatic rings. The number of hydrogen-bond donors (Lipinski definition) is 1. The van der Waals surface area contributed by atoms with Crippen LogP contribution in [0.2, 0.25) is 0 Å². The molecule has 1 heterocycles. The molecule has 1 aromatic heterocycles. The summed E-state index contributed by atoms with van der Waals surface area (Å²) in [7, 11) is 0. The standard InChI is InChI=1S/C16H13NO4/c1-9(17)16(19)20-10-6-7-12-14(8-10)21-13-5-3-2-4-11(13)15(12)18/h2-9H,17H2,1H3/t9-/m0/s1. The molecule has 0 unspecified atom stereocenters. The minimum Gasteiger partial charge on any atom is -0.456 e. The maximum absolute atomic E-state index is 12.3. The van der Waals surface area contributed by atoms with Crippen molar-refractivity contribution in [1.29, 1.82) is 0 Å². The Hall–Kier alpha value is -2.66. The number of para-hydroxylation sites is 1. The van der Waals surface area contributed by atoms with Crippen molar-refractivity contribution in [3.63, 3.8) is 0 Å². The molecule has 5 nitrogen and oxygen atoms in total. The molecule has 0 bridgehead atoms. The van der Waals surface area contributed by atoms with Crippen molar-refractivity contribution in [3.05, 3.63) is 52.7 Å². The monoisotopic (exact) mass is 283 g/mol. The quantitative estimate of drug-likeness (QED) is 0.443. The first kappa shape index (κ1) is 13.3. The van der Waals surface area contributed by atoms with Gasteiger partial charge in [0.1, 0.15) is 23.0 Å². The van der Waals surface area contributed by atoms with E-state index in [2.05, 4.69) is 0 Å². The van der Waals surface area contributed by atoms with Gasteiger partial charge in [-0.25, -0.2) is 4.79 Å². The van der Waals surface area contributed by atoms with Crippen LogP contribution in [-0.4, -0.2) is 12.0 Å². The molecule has 3 rings (SSSR count). The Bertz CT molecular complexity index is 896. The average molecular weight is 283 g/mol. The van der Waals surface area contributed by atoms with E-state index in [1.807, 2.05) is 0 Å². The zero-order valence-electron chi connectivity index (χ0n) is 11.3. The molecule has 0 amide bonds. The molecule has 0 saturated carbocycles. The second-order valence-electron chi connectivity index (χ2n) is 4.80. The van der Waals surface area contributed by atoms with Crippen LogP contribution in [0.25, 0.3) is 21.9 Å². The fraction of sp³-hybridized carbons (Fsp3) is 0.125. The van der Waals surface area contributed by atoms with E-state index in [1.165, 1.54) is 13.0 Å². The highest BCUT2D eigenvalue weighted by atomic mass is 16.5. The Morgan fingerprint density at radius 1 is 1.14 bits per heavy atom. The number of benzene rings is 2. The van der Waals surface area contributed by atoms with E-state index in [0.717, 1.165) is 0 Å². The second-order valence-corrected chi connectivity index (χ2v) is 4.80. The minimum atomic E-state index is -0.718. The summed E-state index contributed by atoms with van der Waals surface area (Å²) >= 11 is 0. The molecule has 0 aliphatic rings. The highest BCUT2D eigenvalue weighted by Gasteiger charge is 2.12. The molecule has 0 aliphatic heterocycles. The molecule has 5 heteroatoms. The smallest absolute Gasteiger partial charge is 0.328 e. The van der Waals surface area contributed by atoms with Gasteiger partial charge in [-0.3, -0.25) is 4.79 Å². The third-order valence-electron chi connectivity index (χ3n) is 3.14. The van der Waals surface area contributed by atoms with Gasteiger partial charge in [0, 0.05) is 6.07 Å². The van der Waals surface area contributed by atoms with Gasteiger partial charge >= 0.3 is 5.97 Å². The van der Waals surface area contributed by atoms with Gasteiger partial charge in [-0.05, 0) is 31.2 Å². The minimum absolute atomic E-state index is 0.114. The molecule has 1 atom stereocenters. The van der Waals surface area contributed by atoms with Crippen molar-refractivity contribution in [3.8, 4) is 5.75 Å². The lowest BCUT2D eigenvalue weighted by Crippen LogP contribution is -2.30. The summed E-state index contributed by atoms with van der Waals surface area (Å²) in [6, 6.07) is 10.9. The van der Waals surface area contributed by atoms with Crippen molar-refractivity contribution in [1.82, 2.24) is 0 Å². The third-order valence-corrected chi connectivity index (χ3v) is 3.14. The number of ether oxygens (including phenoxy) is 1. The van der Waals surface area contributed by atoms with Gasteiger partial charge in [0.05, 0.1) is 10.8 Å². The summed E-state index contributed by atoms with van der Waals surface area (Å²) < 4.78 is 10.8. The van der Waals surface area contributed by atoms with E-state index in [4.69, 9.17) is 14.9 Å². The molecule has 0 saturated heterocycles. The van der Waals surface area contributed by atoms with Crippen molar-refractivity contribution in [2.24, 2.45) is 5.73 Å². The van der Waals surface area contributed by atoms with Crippen LogP contribution in [0, 0.1) is 0 Å². The molecule has 0 spiro atoms. The Balaban J connectivity index is 2.16. The van der Waals surface area contributed by atoms with Crippen LogP contribution in [-0.2, 0) is 4.79 Å². The lowest BCUT2D eigenvalue weighted by atomic mass is 10.1. The van der Waals surface area contributed by atoms with Crippen molar-refractivity contribution in [2.75, 3.05) is 0 Å². The first-order valence-corrected chi connectivity index (χ1v) is 6.49. The van der Waals surface area contributed by atoms with E-state index in [1.54, 1.807) is 36.4 Å². The maximum Gasteiger partial charge on any atom is 0.328 e. The maximum atomic E-state index is 12.3. The number of carbonyl (C=O) groups is 1. The van der Waals surface area contributed by atoms with Crippen LogP contribution in [0.4, 0.5) is 0 Å². The van der Waals surface area contributed by atoms with Gasteiger partial charge in [-0.15, -0.1) is 0 Å². The second kappa shape index (κ2) is 5.03. The predicted molar refractivity (Wildman–Crippen MR) is 79.3 cm³/mol. The normalized spacial score (nSPS) is 12.5. The van der Waals surface area contributed by atoms with Crippen LogP contribution >= 0.6 is 0 Å². The molecule has 21 heavy (non-hydrogen) atoms. The highest BCUT2D eigenvalue weighted by Crippen LogP contribution is 2.23. The SMILES string of the molecule is C[C@H](N)C(=O)Oc1ccc2c(=O)c3ccccc3oc2c1. The van der Waals surface area contributed by atoms with Crippen LogP contribution in [0.5, 0.6) is 5.75 Å². The summed E-state index contributed by atoms with van der Waals surface area (Å²) in [4.78, 5) is 23.8. The summed E-state index contributed by atoms with van der Waals surface area (Å²) in [5.41, 5.74) is 6.19. The Morgan fingerprint density at radius 3 is 2.62 bits per heavy atom. The number of esters is 1. The number of rotatable bonds is 2. The van der Waals surface area contributed by atoms with Gasteiger partial charge in [0.25, 0.3) is 0 Å². The highest BCUT2D eigenvalue weighted by molar-refractivity contribution is 5.90. The zero-order chi connectivity index (χ0) is 15.0. The molecular formula is C16H13NO4. The zero-order valence-corrected chi connectivity index (χ0v) is 11.3. The van der Waals surface area contributed by atoms with E-state index >= 15 is 0 Å². The molecule has 2 aromatic carbocycles. The topological polar surface area (TPSA) is 82.5 Å². The van der Waals surface area contributed by atoms with E-state index in [0.29, 0.717) is 27.7 Å². The summed E-state index contributed by atoms with van der Waals surface area (Å²) in [5, 5.41) is 0.958. The molecule has 2 N–H and O–H groups in total. The molecule has 106 valence electrons. The van der Waals surface area contributed by atoms with Crippen LogP contribution in [0.1, 0.15) is 6.92 Å². The van der Waals surface area contributed by atoms with Gasteiger partial charge in [-0.1, -0.05) is 12.1 Å². The van der Waals surface area contributed by atoms with Crippen LogP contribution in [0.3, 0.4) is 0 Å². The fourth-order valence-electron chi connectivity index (χ4n) is 2.05. The van der Waals surface area contributed by atoms with Crippen molar-refractivity contribution in [2.45, 2.75) is 13.0 Å². The Morgan fingerprint density at radius 2 is 1.86 bits per heavy atom. The number of hydrogen-bond acceptors (Lipinski definition) is 5. The van der Waals surface area contributed by atoms with Crippen LogP contribution in [0.15, 0.2) is 51.7 Å². The molecule has 0 fully saturated rings. The van der Waals surface area contributed by atoms with Gasteiger partial charge < -0.3 is 14.9 Å². The molecule has 0 radical (unpaired) electrons. The number of carbonyl (C=O) groups excluding carboxylic acids is 1. The summed E-state index contributed by atoms with van der Waals surface area (Å²) in [5.74, 6) is -0.249. The van der Waals surface area contributed by atoms with E-state index in [9.17, 15) is 9.59 Å². The Kier molecular flexibility index (Phi) is 3.19. The average Bonchev–Trinajstić information content (AvgIpc) is 2.47. The van der Waals surface area contributed by atoms with Crippen molar-refractivity contribution < 1.29 is 13.9 Å². The predicted octanol–water partition coefficient (Wildman–Crippen LogP) is 2.20.